The first-order valence-electron chi connectivity index (χ1n) is 7.62. The maximum absolute atomic E-state index is 12.5. The van der Waals surface area contributed by atoms with E-state index in [4.69, 9.17) is 5.11 Å². The average molecular weight is 284 g/mol. The zero-order valence-corrected chi connectivity index (χ0v) is 13.0. The molecule has 116 valence electrons. The van der Waals surface area contributed by atoms with E-state index in [9.17, 15) is 9.59 Å². The first-order valence-corrected chi connectivity index (χ1v) is 7.62. The van der Waals surface area contributed by atoms with Gasteiger partial charge in [0.15, 0.2) is 0 Å². The summed E-state index contributed by atoms with van der Waals surface area (Å²) in [7, 11) is 4.05. The van der Waals surface area contributed by atoms with Crippen molar-refractivity contribution in [1.29, 1.82) is 0 Å². The lowest BCUT2D eigenvalue weighted by molar-refractivity contribution is -0.145. The molecule has 1 rings (SSSR count). The molecule has 0 aliphatic heterocycles. The van der Waals surface area contributed by atoms with Gasteiger partial charge in [0.05, 0.1) is 5.92 Å². The second kappa shape index (κ2) is 8.25. The molecule has 1 fully saturated rings. The molecule has 1 amide bonds. The van der Waals surface area contributed by atoms with E-state index in [1.807, 2.05) is 25.9 Å². The van der Waals surface area contributed by atoms with Crippen LogP contribution in [-0.2, 0) is 9.59 Å². The van der Waals surface area contributed by atoms with E-state index < -0.39 is 5.97 Å². The van der Waals surface area contributed by atoms with Crippen molar-refractivity contribution < 1.29 is 14.7 Å². The standard InChI is InChI=1S/C15H28N2O3/c1-4-17(10-6-9-16(2)3)14(18)12-7-5-8-13(11-12)15(19)20/h12-13H,4-11H2,1-3H3,(H,19,20). The number of carboxylic acid groups (broad SMARTS) is 1. The fraction of sp³-hybridized carbons (Fsp3) is 0.867. The average Bonchev–Trinajstić information content (AvgIpc) is 2.42. The third-order valence-corrected chi connectivity index (χ3v) is 4.10. The minimum atomic E-state index is -0.752. The van der Waals surface area contributed by atoms with Crippen LogP contribution < -0.4 is 0 Å². The Morgan fingerprint density at radius 3 is 2.35 bits per heavy atom. The van der Waals surface area contributed by atoms with Gasteiger partial charge in [0.2, 0.25) is 5.91 Å². The second-order valence-electron chi connectivity index (χ2n) is 5.97. The highest BCUT2D eigenvalue weighted by Gasteiger charge is 2.32. The van der Waals surface area contributed by atoms with E-state index in [1.54, 1.807) is 0 Å². The van der Waals surface area contributed by atoms with Gasteiger partial charge in [0.1, 0.15) is 0 Å². The number of nitrogens with zero attached hydrogens (tertiary/aromatic N) is 2. The Morgan fingerprint density at radius 1 is 1.15 bits per heavy atom. The van der Waals surface area contributed by atoms with E-state index in [2.05, 4.69) is 4.90 Å². The smallest absolute Gasteiger partial charge is 0.306 e. The van der Waals surface area contributed by atoms with Crippen molar-refractivity contribution in [3.8, 4) is 0 Å². The van der Waals surface area contributed by atoms with E-state index in [-0.39, 0.29) is 17.7 Å². The lowest BCUT2D eigenvalue weighted by atomic mass is 9.80. The summed E-state index contributed by atoms with van der Waals surface area (Å²) < 4.78 is 0. The maximum atomic E-state index is 12.5. The summed E-state index contributed by atoms with van der Waals surface area (Å²) in [5.41, 5.74) is 0. The zero-order chi connectivity index (χ0) is 15.1. The first-order chi connectivity index (χ1) is 9.45. The SMILES string of the molecule is CCN(CCCN(C)C)C(=O)C1CCCC(C(=O)O)C1. The summed E-state index contributed by atoms with van der Waals surface area (Å²) >= 11 is 0. The fourth-order valence-corrected chi connectivity index (χ4v) is 2.90. The highest BCUT2D eigenvalue weighted by Crippen LogP contribution is 2.30. The molecular formula is C15H28N2O3. The number of amides is 1. The zero-order valence-electron chi connectivity index (χ0n) is 13.0. The van der Waals surface area contributed by atoms with Crippen LogP contribution in [-0.4, -0.2) is 60.5 Å². The first kappa shape index (κ1) is 17.0. The third kappa shape index (κ3) is 5.12. The van der Waals surface area contributed by atoms with Crippen LogP contribution in [0, 0.1) is 11.8 Å². The van der Waals surface area contributed by atoms with Crippen LogP contribution >= 0.6 is 0 Å². The van der Waals surface area contributed by atoms with E-state index in [1.165, 1.54) is 0 Å². The van der Waals surface area contributed by atoms with Crippen molar-refractivity contribution in [2.24, 2.45) is 11.8 Å². The monoisotopic (exact) mass is 284 g/mol. The van der Waals surface area contributed by atoms with Crippen LogP contribution in [0.25, 0.3) is 0 Å². The molecule has 2 unspecified atom stereocenters. The molecule has 0 spiro atoms. The van der Waals surface area contributed by atoms with E-state index in [0.29, 0.717) is 19.4 Å². The predicted octanol–water partition coefficient (Wildman–Crippen LogP) is 1.68. The molecule has 2 atom stereocenters. The molecular weight excluding hydrogens is 256 g/mol. The van der Waals surface area contributed by atoms with Crippen molar-refractivity contribution in [3.05, 3.63) is 0 Å². The van der Waals surface area contributed by atoms with Gasteiger partial charge in [0, 0.05) is 19.0 Å². The third-order valence-electron chi connectivity index (χ3n) is 4.10. The summed E-state index contributed by atoms with van der Waals surface area (Å²) in [6, 6.07) is 0. The molecule has 0 bridgehead atoms. The molecule has 0 radical (unpaired) electrons. The Balaban J connectivity index is 2.50. The maximum Gasteiger partial charge on any atom is 0.306 e. The number of carbonyl (C=O) groups excluding carboxylic acids is 1. The molecule has 1 aliphatic rings. The number of hydrogen-bond acceptors (Lipinski definition) is 3. The fourth-order valence-electron chi connectivity index (χ4n) is 2.90. The number of hydrogen-bond donors (Lipinski definition) is 1. The lowest BCUT2D eigenvalue weighted by Crippen LogP contribution is -2.40. The van der Waals surface area contributed by atoms with Crippen LogP contribution in [0.5, 0.6) is 0 Å². The van der Waals surface area contributed by atoms with Gasteiger partial charge in [-0.2, -0.15) is 0 Å². The number of rotatable bonds is 7. The Bertz CT molecular complexity index is 331. The second-order valence-corrected chi connectivity index (χ2v) is 5.97. The summed E-state index contributed by atoms with van der Waals surface area (Å²) in [4.78, 5) is 27.6. The highest BCUT2D eigenvalue weighted by atomic mass is 16.4. The number of carboxylic acids is 1. The van der Waals surface area contributed by atoms with Gasteiger partial charge < -0.3 is 14.9 Å². The van der Waals surface area contributed by atoms with Gasteiger partial charge >= 0.3 is 5.97 Å². The van der Waals surface area contributed by atoms with Gasteiger partial charge in [-0.05, 0) is 53.2 Å². The summed E-state index contributed by atoms with van der Waals surface area (Å²) in [6.07, 6.45) is 3.88. The normalized spacial score (nSPS) is 22.8. The van der Waals surface area contributed by atoms with Crippen molar-refractivity contribution in [2.75, 3.05) is 33.7 Å². The van der Waals surface area contributed by atoms with Crippen LogP contribution in [0.3, 0.4) is 0 Å². The molecule has 0 aromatic rings. The Morgan fingerprint density at radius 2 is 1.80 bits per heavy atom. The van der Waals surface area contributed by atoms with Crippen LogP contribution in [0.1, 0.15) is 39.0 Å². The minimum Gasteiger partial charge on any atom is -0.481 e. The van der Waals surface area contributed by atoms with Crippen LogP contribution in [0.2, 0.25) is 0 Å². The van der Waals surface area contributed by atoms with Gasteiger partial charge in [-0.15, -0.1) is 0 Å². The number of aliphatic carboxylic acids is 1. The molecule has 20 heavy (non-hydrogen) atoms. The number of carbonyl (C=O) groups is 2. The van der Waals surface area contributed by atoms with Gasteiger partial charge in [-0.3, -0.25) is 9.59 Å². The summed E-state index contributed by atoms with van der Waals surface area (Å²) in [5, 5.41) is 9.11. The molecule has 0 heterocycles. The highest BCUT2D eigenvalue weighted by molar-refractivity contribution is 5.80. The lowest BCUT2D eigenvalue weighted by Gasteiger charge is -2.31. The van der Waals surface area contributed by atoms with Crippen molar-refractivity contribution in [3.63, 3.8) is 0 Å². The molecule has 1 saturated carbocycles. The molecule has 0 aromatic carbocycles. The van der Waals surface area contributed by atoms with Gasteiger partial charge in [-0.25, -0.2) is 0 Å². The van der Waals surface area contributed by atoms with Crippen LogP contribution in [0.4, 0.5) is 0 Å². The molecule has 0 saturated heterocycles. The van der Waals surface area contributed by atoms with Crippen molar-refractivity contribution in [2.45, 2.75) is 39.0 Å². The summed E-state index contributed by atoms with van der Waals surface area (Å²) in [5.74, 6) is -1.03. The van der Waals surface area contributed by atoms with Gasteiger partial charge in [-0.1, -0.05) is 6.42 Å². The quantitative estimate of drug-likeness (QED) is 0.772. The minimum absolute atomic E-state index is 0.0934. The molecule has 5 nitrogen and oxygen atoms in total. The molecule has 5 heteroatoms. The molecule has 0 aromatic heterocycles. The Kier molecular flexibility index (Phi) is 6.99. The topological polar surface area (TPSA) is 60.9 Å². The van der Waals surface area contributed by atoms with Crippen molar-refractivity contribution >= 4 is 11.9 Å². The van der Waals surface area contributed by atoms with Crippen molar-refractivity contribution in [1.82, 2.24) is 9.80 Å². The Labute approximate surface area is 121 Å². The van der Waals surface area contributed by atoms with Crippen LogP contribution in [0.15, 0.2) is 0 Å². The molecule has 1 N–H and O–H groups in total. The van der Waals surface area contributed by atoms with Gasteiger partial charge in [0.25, 0.3) is 0 Å². The summed E-state index contributed by atoms with van der Waals surface area (Å²) in [6.45, 7) is 4.43. The largest absolute Gasteiger partial charge is 0.481 e. The van der Waals surface area contributed by atoms with E-state index in [0.717, 1.165) is 32.4 Å². The molecule has 1 aliphatic carbocycles. The Hall–Kier alpha value is -1.10. The van der Waals surface area contributed by atoms with E-state index >= 15 is 0 Å². The predicted molar refractivity (Wildman–Crippen MR) is 78.5 cm³/mol.